The number of amides is 2. The molecule has 0 atom stereocenters. The second-order valence-corrected chi connectivity index (χ2v) is 6.57. The van der Waals surface area contributed by atoms with Gasteiger partial charge in [0.05, 0.1) is 27.9 Å². The molecule has 156 valence electrons. The predicted molar refractivity (Wildman–Crippen MR) is 111 cm³/mol. The van der Waals surface area contributed by atoms with Gasteiger partial charge in [0.2, 0.25) is 11.7 Å². The number of ether oxygens (including phenoxy) is 3. The molecule has 0 radical (unpaired) electrons. The summed E-state index contributed by atoms with van der Waals surface area (Å²) >= 11 is 6.00. The fourth-order valence-electron chi connectivity index (χ4n) is 2.81. The number of carbonyl (C=O) groups is 2. The van der Waals surface area contributed by atoms with Crippen LogP contribution in [0.2, 0.25) is 5.02 Å². The van der Waals surface area contributed by atoms with Crippen molar-refractivity contribution in [3.8, 4) is 17.2 Å². The molecule has 2 aromatic carbocycles. The van der Waals surface area contributed by atoms with Crippen LogP contribution in [0.3, 0.4) is 0 Å². The third kappa shape index (κ3) is 5.77. The second-order valence-electron chi connectivity index (χ2n) is 6.13. The van der Waals surface area contributed by atoms with Gasteiger partial charge in [-0.1, -0.05) is 23.7 Å². The van der Waals surface area contributed by atoms with Gasteiger partial charge >= 0.3 is 0 Å². The van der Waals surface area contributed by atoms with E-state index in [4.69, 9.17) is 25.8 Å². The van der Waals surface area contributed by atoms with Gasteiger partial charge in [0, 0.05) is 23.7 Å². The van der Waals surface area contributed by atoms with Crippen LogP contribution in [0.1, 0.15) is 22.8 Å². The maximum Gasteiger partial charge on any atom is 0.251 e. The molecule has 2 amide bonds. The van der Waals surface area contributed by atoms with E-state index in [-0.39, 0.29) is 12.5 Å². The number of rotatable bonds is 9. The standard InChI is InChI=1S/C21H25ClN2O5/c1-5-24(13-14-7-6-8-16(22)9-14)19(25)12-23-21(26)15-10-17(27-2)20(29-4)18(11-15)28-3/h6-11H,5,12-13H2,1-4H3,(H,23,26). The van der Waals surface area contributed by atoms with Crippen LogP contribution < -0.4 is 19.5 Å². The van der Waals surface area contributed by atoms with Crippen molar-refractivity contribution >= 4 is 23.4 Å². The molecule has 0 unspecified atom stereocenters. The molecule has 0 saturated heterocycles. The fraction of sp³-hybridized carbons (Fsp3) is 0.333. The minimum atomic E-state index is -0.420. The highest BCUT2D eigenvalue weighted by Crippen LogP contribution is 2.38. The molecule has 0 fully saturated rings. The summed E-state index contributed by atoms with van der Waals surface area (Å²) in [6, 6.07) is 10.4. The number of nitrogens with zero attached hydrogens (tertiary/aromatic N) is 1. The highest BCUT2D eigenvalue weighted by molar-refractivity contribution is 6.30. The molecule has 2 aromatic rings. The van der Waals surface area contributed by atoms with Crippen molar-refractivity contribution in [2.45, 2.75) is 13.5 Å². The number of benzene rings is 2. The summed E-state index contributed by atoms with van der Waals surface area (Å²) in [5.74, 6) is 0.491. The Morgan fingerprint density at radius 1 is 1.03 bits per heavy atom. The molecule has 29 heavy (non-hydrogen) atoms. The predicted octanol–water partition coefficient (Wildman–Crippen LogP) is 3.14. The van der Waals surface area contributed by atoms with E-state index in [1.165, 1.54) is 33.5 Å². The van der Waals surface area contributed by atoms with Crippen molar-refractivity contribution in [2.75, 3.05) is 34.4 Å². The third-order valence-corrected chi connectivity index (χ3v) is 4.56. The molecule has 0 saturated carbocycles. The lowest BCUT2D eigenvalue weighted by atomic mass is 10.1. The molecular formula is C21H25ClN2O5. The first-order valence-corrected chi connectivity index (χ1v) is 9.41. The van der Waals surface area contributed by atoms with Gasteiger partial charge in [-0.15, -0.1) is 0 Å². The second kappa shape index (κ2) is 10.6. The van der Waals surface area contributed by atoms with Gasteiger partial charge in [0.1, 0.15) is 0 Å². The van der Waals surface area contributed by atoms with Gasteiger partial charge in [0.25, 0.3) is 5.91 Å². The Kier molecular flexibility index (Phi) is 8.15. The number of hydrogen-bond donors (Lipinski definition) is 1. The van der Waals surface area contributed by atoms with Crippen LogP contribution in [0, 0.1) is 0 Å². The van der Waals surface area contributed by atoms with E-state index < -0.39 is 5.91 Å². The number of halogens is 1. The summed E-state index contributed by atoms with van der Waals surface area (Å²) in [5.41, 5.74) is 1.22. The zero-order valence-corrected chi connectivity index (χ0v) is 17.7. The summed E-state index contributed by atoms with van der Waals surface area (Å²) in [7, 11) is 4.42. The minimum Gasteiger partial charge on any atom is -0.493 e. The van der Waals surface area contributed by atoms with E-state index in [0.717, 1.165) is 5.56 Å². The van der Waals surface area contributed by atoms with Crippen molar-refractivity contribution in [3.05, 3.63) is 52.5 Å². The fourth-order valence-corrected chi connectivity index (χ4v) is 3.03. The van der Waals surface area contributed by atoms with Crippen LogP contribution in [0.15, 0.2) is 36.4 Å². The van der Waals surface area contributed by atoms with Gasteiger partial charge in [-0.2, -0.15) is 0 Å². The molecular weight excluding hydrogens is 396 g/mol. The Balaban J connectivity index is 2.06. The third-order valence-electron chi connectivity index (χ3n) is 4.32. The van der Waals surface area contributed by atoms with Crippen LogP contribution >= 0.6 is 11.6 Å². The van der Waals surface area contributed by atoms with Crippen molar-refractivity contribution in [1.82, 2.24) is 10.2 Å². The van der Waals surface area contributed by atoms with E-state index >= 15 is 0 Å². The Hall–Kier alpha value is -2.93. The quantitative estimate of drug-likeness (QED) is 0.674. The Bertz CT molecular complexity index is 847. The molecule has 2 rings (SSSR count). The maximum absolute atomic E-state index is 12.6. The molecule has 0 aliphatic heterocycles. The number of methoxy groups -OCH3 is 3. The average Bonchev–Trinajstić information content (AvgIpc) is 2.74. The van der Waals surface area contributed by atoms with E-state index in [1.54, 1.807) is 11.0 Å². The van der Waals surface area contributed by atoms with E-state index in [0.29, 0.717) is 40.9 Å². The van der Waals surface area contributed by atoms with Crippen molar-refractivity contribution in [3.63, 3.8) is 0 Å². The normalized spacial score (nSPS) is 10.2. The van der Waals surface area contributed by atoms with Crippen molar-refractivity contribution < 1.29 is 23.8 Å². The number of nitrogens with one attached hydrogen (secondary N) is 1. The molecule has 7 nitrogen and oxygen atoms in total. The monoisotopic (exact) mass is 420 g/mol. The SMILES string of the molecule is CCN(Cc1cccc(Cl)c1)C(=O)CNC(=O)c1cc(OC)c(OC)c(OC)c1. The lowest BCUT2D eigenvalue weighted by Gasteiger charge is -2.21. The van der Waals surface area contributed by atoms with Gasteiger partial charge in [-0.05, 0) is 36.8 Å². The maximum atomic E-state index is 12.6. The zero-order valence-electron chi connectivity index (χ0n) is 17.0. The first-order chi connectivity index (χ1) is 13.9. The van der Waals surface area contributed by atoms with Gasteiger partial charge in [-0.25, -0.2) is 0 Å². The van der Waals surface area contributed by atoms with Gasteiger partial charge in [0.15, 0.2) is 11.5 Å². The first-order valence-electron chi connectivity index (χ1n) is 9.03. The summed E-state index contributed by atoms with van der Waals surface area (Å²) in [5, 5.41) is 3.26. The lowest BCUT2D eigenvalue weighted by molar-refractivity contribution is -0.130. The first kappa shape index (κ1) is 22.4. The van der Waals surface area contributed by atoms with E-state index in [1.807, 2.05) is 25.1 Å². The van der Waals surface area contributed by atoms with Crippen molar-refractivity contribution in [1.29, 1.82) is 0 Å². The summed E-state index contributed by atoms with van der Waals surface area (Å²) in [6.45, 7) is 2.66. The number of likely N-dealkylation sites (N-methyl/N-ethyl adjacent to an activating group) is 1. The van der Waals surface area contributed by atoms with Gasteiger partial charge < -0.3 is 24.4 Å². The van der Waals surface area contributed by atoms with Crippen LogP contribution in [-0.4, -0.2) is 51.1 Å². The van der Waals surface area contributed by atoms with Crippen LogP contribution in [0.25, 0.3) is 0 Å². The smallest absolute Gasteiger partial charge is 0.251 e. The minimum absolute atomic E-state index is 0.135. The average molecular weight is 421 g/mol. The molecule has 0 heterocycles. The summed E-state index contributed by atoms with van der Waals surface area (Å²) in [6.07, 6.45) is 0. The molecule has 1 N–H and O–H groups in total. The topological polar surface area (TPSA) is 77.1 Å². The Morgan fingerprint density at radius 3 is 2.21 bits per heavy atom. The zero-order chi connectivity index (χ0) is 21.4. The highest BCUT2D eigenvalue weighted by atomic mass is 35.5. The van der Waals surface area contributed by atoms with Crippen LogP contribution in [-0.2, 0) is 11.3 Å². The largest absolute Gasteiger partial charge is 0.493 e. The van der Waals surface area contributed by atoms with Crippen molar-refractivity contribution in [2.24, 2.45) is 0 Å². The van der Waals surface area contributed by atoms with Gasteiger partial charge in [-0.3, -0.25) is 9.59 Å². The van der Waals surface area contributed by atoms with E-state index in [2.05, 4.69) is 5.32 Å². The summed E-state index contributed by atoms with van der Waals surface area (Å²) < 4.78 is 15.8. The lowest BCUT2D eigenvalue weighted by Crippen LogP contribution is -2.39. The molecule has 0 aliphatic carbocycles. The Morgan fingerprint density at radius 2 is 1.69 bits per heavy atom. The molecule has 0 aliphatic rings. The number of carbonyl (C=O) groups excluding carboxylic acids is 2. The molecule has 0 aromatic heterocycles. The highest BCUT2D eigenvalue weighted by Gasteiger charge is 2.19. The molecule has 0 bridgehead atoms. The summed E-state index contributed by atoms with van der Waals surface area (Å²) in [4.78, 5) is 26.7. The van der Waals surface area contributed by atoms with Crippen LogP contribution in [0.4, 0.5) is 0 Å². The Labute approximate surface area is 175 Å². The van der Waals surface area contributed by atoms with E-state index in [9.17, 15) is 9.59 Å². The number of hydrogen-bond acceptors (Lipinski definition) is 5. The van der Waals surface area contributed by atoms with Crippen LogP contribution in [0.5, 0.6) is 17.2 Å². The molecule has 8 heteroatoms. The molecule has 0 spiro atoms.